The van der Waals surface area contributed by atoms with Crippen LogP contribution in [0.3, 0.4) is 0 Å². The summed E-state index contributed by atoms with van der Waals surface area (Å²) in [5, 5.41) is 0. The largest absolute Gasteiger partial charge is 0.496 e. The van der Waals surface area contributed by atoms with E-state index in [2.05, 4.69) is 25.1 Å². The topological polar surface area (TPSA) is 44.5 Å². The molecule has 0 saturated carbocycles. The number of hydrogen-bond donors (Lipinski definition) is 1. The van der Waals surface area contributed by atoms with Gasteiger partial charge in [-0.25, -0.2) is 0 Å². The molecular weight excluding hydrogens is 238 g/mol. The Balaban J connectivity index is 2.23. The minimum absolute atomic E-state index is 0.444. The summed E-state index contributed by atoms with van der Waals surface area (Å²) in [6.07, 6.45) is 3.24. The second kappa shape index (κ2) is 6.92. The molecule has 0 amide bonds. The molecule has 19 heavy (non-hydrogen) atoms. The molecule has 3 nitrogen and oxygen atoms in total. The third-order valence-corrected chi connectivity index (χ3v) is 4.08. The first-order valence-corrected chi connectivity index (χ1v) is 7.22. The second-order valence-electron chi connectivity index (χ2n) is 5.37. The van der Waals surface area contributed by atoms with Gasteiger partial charge in [0.2, 0.25) is 0 Å². The summed E-state index contributed by atoms with van der Waals surface area (Å²) in [7, 11) is 1.74. The maximum Gasteiger partial charge on any atom is 0.122 e. The summed E-state index contributed by atoms with van der Waals surface area (Å²) >= 11 is 0. The van der Waals surface area contributed by atoms with E-state index in [0.29, 0.717) is 18.4 Å². The van der Waals surface area contributed by atoms with Crippen LogP contribution in [0.2, 0.25) is 0 Å². The first-order valence-electron chi connectivity index (χ1n) is 7.22. The van der Waals surface area contributed by atoms with Gasteiger partial charge in [-0.05, 0) is 54.8 Å². The van der Waals surface area contributed by atoms with E-state index >= 15 is 0 Å². The SMILES string of the molecule is COc1ccc(C2CCOCC2)cc1C(C)CCN. The Kier molecular flexibility index (Phi) is 5.23. The van der Waals surface area contributed by atoms with E-state index in [4.69, 9.17) is 15.2 Å². The molecule has 106 valence electrons. The van der Waals surface area contributed by atoms with Crippen molar-refractivity contribution < 1.29 is 9.47 Å². The number of nitrogens with two attached hydrogens (primary N) is 1. The summed E-state index contributed by atoms with van der Waals surface area (Å²) < 4.78 is 10.9. The highest BCUT2D eigenvalue weighted by atomic mass is 16.5. The van der Waals surface area contributed by atoms with E-state index in [0.717, 1.165) is 38.2 Å². The minimum Gasteiger partial charge on any atom is -0.496 e. The van der Waals surface area contributed by atoms with Crippen LogP contribution in [0.5, 0.6) is 5.75 Å². The molecule has 3 heteroatoms. The molecule has 1 unspecified atom stereocenters. The number of rotatable bonds is 5. The summed E-state index contributed by atoms with van der Waals surface area (Å²) in [5.74, 6) is 2.06. The summed E-state index contributed by atoms with van der Waals surface area (Å²) in [4.78, 5) is 0. The van der Waals surface area contributed by atoms with Crippen molar-refractivity contribution in [2.24, 2.45) is 5.73 Å². The average molecular weight is 263 g/mol. The summed E-state index contributed by atoms with van der Waals surface area (Å²) in [6, 6.07) is 6.62. The highest BCUT2D eigenvalue weighted by Gasteiger charge is 2.19. The Bertz CT molecular complexity index is 400. The zero-order chi connectivity index (χ0) is 13.7. The third kappa shape index (κ3) is 3.48. The van der Waals surface area contributed by atoms with Crippen LogP contribution in [-0.4, -0.2) is 26.9 Å². The first-order chi connectivity index (χ1) is 9.26. The van der Waals surface area contributed by atoms with Crippen molar-refractivity contribution in [2.75, 3.05) is 26.9 Å². The number of ether oxygens (including phenoxy) is 2. The summed E-state index contributed by atoms with van der Waals surface area (Å²) in [6.45, 7) is 4.69. The standard InChI is InChI=1S/C16H25NO2/c1-12(5-8-17)15-11-14(3-4-16(15)18-2)13-6-9-19-10-7-13/h3-4,11-13H,5-10,17H2,1-2H3. The zero-order valence-electron chi connectivity index (χ0n) is 12.0. The molecule has 1 aliphatic rings. The van der Waals surface area contributed by atoms with E-state index in [1.807, 2.05) is 0 Å². The van der Waals surface area contributed by atoms with Gasteiger partial charge in [0.25, 0.3) is 0 Å². The van der Waals surface area contributed by atoms with Crippen LogP contribution < -0.4 is 10.5 Å². The number of methoxy groups -OCH3 is 1. The lowest BCUT2D eigenvalue weighted by Gasteiger charge is -2.24. The van der Waals surface area contributed by atoms with Gasteiger partial charge >= 0.3 is 0 Å². The van der Waals surface area contributed by atoms with Gasteiger partial charge in [0, 0.05) is 13.2 Å². The Morgan fingerprint density at radius 1 is 1.37 bits per heavy atom. The predicted molar refractivity (Wildman–Crippen MR) is 77.9 cm³/mol. The molecule has 1 heterocycles. The second-order valence-corrected chi connectivity index (χ2v) is 5.37. The van der Waals surface area contributed by atoms with Crippen molar-refractivity contribution in [2.45, 2.75) is 38.0 Å². The van der Waals surface area contributed by atoms with E-state index in [1.165, 1.54) is 11.1 Å². The lowest BCUT2D eigenvalue weighted by Crippen LogP contribution is -2.14. The lowest BCUT2D eigenvalue weighted by molar-refractivity contribution is 0.0853. The number of hydrogen-bond acceptors (Lipinski definition) is 3. The van der Waals surface area contributed by atoms with Crippen molar-refractivity contribution in [3.05, 3.63) is 29.3 Å². The van der Waals surface area contributed by atoms with Crippen molar-refractivity contribution in [3.8, 4) is 5.75 Å². The molecule has 0 bridgehead atoms. The molecule has 1 saturated heterocycles. The Labute approximate surface area is 116 Å². The van der Waals surface area contributed by atoms with Crippen LogP contribution in [0.25, 0.3) is 0 Å². The molecule has 1 aliphatic heterocycles. The third-order valence-electron chi connectivity index (χ3n) is 4.08. The molecule has 0 radical (unpaired) electrons. The van der Waals surface area contributed by atoms with Gasteiger partial charge in [-0.2, -0.15) is 0 Å². The zero-order valence-corrected chi connectivity index (χ0v) is 12.0. The van der Waals surface area contributed by atoms with Crippen LogP contribution in [0, 0.1) is 0 Å². The molecule has 1 fully saturated rings. The fourth-order valence-electron chi connectivity index (χ4n) is 2.83. The van der Waals surface area contributed by atoms with Gasteiger partial charge in [-0.15, -0.1) is 0 Å². The monoisotopic (exact) mass is 263 g/mol. The molecule has 0 aliphatic carbocycles. The fraction of sp³-hybridized carbons (Fsp3) is 0.625. The van der Waals surface area contributed by atoms with Gasteiger partial charge in [-0.1, -0.05) is 19.1 Å². The van der Waals surface area contributed by atoms with E-state index in [1.54, 1.807) is 7.11 Å². The molecule has 0 spiro atoms. The quantitative estimate of drug-likeness (QED) is 0.888. The highest BCUT2D eigenvalue weighted by Crippen LogP contribution is 2.34. The normalized spacial score (nSPS) is 18.3. The molecule has 1 aromatic rings. The van der Waals surface area contributed by atoms with E-state index in [-0.39, 0.29) is 0 Å². The van der Waals surface area contributed by atoms with Gasteiger partial charge < -0.3 is 15.2 Å². The Morgan fingerprint density at radius 3 is 2.74 bits per heavy atom. The number of benzene rings is 1. The fourth-order valence-corrected chi connectivity index (χ4v) is 2.83. The van der Waals surface area contributed by atoms with Crippen LogP contribution in [-0.2, 0) is 4.74 Å². The maximum absolute atomic E-state index is 5.68. The van der Waals surface area contributed by atoms with Gasteiger partial charge in [-0.3, -0.25) is 0 Å². The van der Waals surface area contributed by atoms with Gasteiger partial charge in [0.15, 0.2) is 0 Å². The van der Waals surface area contributed by atoms with Crippen LogP contribution in [0.1, 0.15) is 49.1 Å². The van der Waals surface area contributed by atoms with Gasteiger partial charge in [0.1, 0.15) is 5.75 Å². The lowest BCUT2D eigenvalue weighted by atomic mass is 9.87. The molecule has 0 aromatic heterocycles. The highest BCUT2D eigenvalue weighted by molar-refractivity contribution is 5.40. The molecule has 2 N–H and O–H groups in total. The Morgan fingerprint density at radius 2 is 2.11 bits per heavy atom. The van der Waals surface area contributed by atoms with E-state index < -0.39 is 0 Å². The van der Waals surface area contributed by atoms with Crippen molar-refractivity contribution in [3.63, 3.8) is 0 Å². The van der Waals surface area contributed by atoms with E-state index in [9.17, 15) is 0 Å². The molecule has 1 aromatic carbocycles. The predicted octanol–water partition coefficient (Wildman–Crippen LogP) is 3.04. The average Bonchev–Trinajstić information content (AvgIpc) is 2.47. The first kappa shape index (κ1) is 14.4. The molecule has 1 atom stereocenters. The van der Waals surface area contributed by atoms with Crippen LogP contribution >= 0.6 is 0 Å². The minimum atomic E-state index is 0.444. The molecular formula is C16H25NO2. The van der Waals surface area contributed by atoms with Crippen molar-refractivity contribution >= 4 is 0 Å². The summed E-state index contributed by atoms with van der Waals surface area (Å²) in [5.41, 5.74) is 8.39. The van der Waals surface area contributed by atoms with Crippen molar-refractivity contribution in [1.29, 1.82) is 0 Å². The Hall–Kier alpha value is -1.06. The molecule has 2 rings (SSSR count). The van der Waals surface area contributed by atoms with Crippen molar-refractivity contribution in [1.82, 2.24) is 0 Å². The van der Waals surface area contributed by atoms with Crippen LogP contribution in [0.4, 0.5) is 0 Å². The van der Waals surface area contributed by atoms with Gasteiger partial charge in [0.05, 0.1) is 7.11 Å². The smallest absolute Gasteiger partial charge is 0.122 e. The maximum atomic E-state index is 5.68. The van der Waals surface area contributed by atoms with Crippen LogP contribution in [0.15, 0.2) is 18.2 Å².